The van der Waals surface area contributed by atoms with Gasteiger partial charge in [0, 0.05) is 6.92 Å². The fourth-order valence-corrected chi connectivity index (χ4v) is 1.76. The molecule has 0 amide bonds. The SMILES string of the molecule is Cc1nnc(Sc2ncnc(N)c2Cl)o1. The zero-order valence-corrected chi connectivity index (χ0v) is 9.21. The van der Waals surface area contributed by atoms with Crippen LogP contribution in [0.15, 0.2) is 21.0 Å². The highest BCUT2D eigenvalue weighted by Gasteiger charge is 2.11. The summed E-state index contributed by atoms with van der Waals surface area (Å²) in [6.45, 7) is 1.70. The van der Waals surface area contributed by atoms with Gasteiger partial charge in [-0.3, -0.25) is 0 Å². The standard InChI is InChI=1S/C7H6ClN5OS/c1-3-12-13-7(14-3)15-6-4(8)5(9)10-2-11-6/h2H,1H3,(H2,9,10,11). The van der Waals surface area contributed by atoms with Gasteiger partial charge in [-0.2, -0.15) is 0 Å². The van der Waals surface area contributed by atoms with Crippen molar-refractivity contribution in [3.05, 3.63) is 17.2 Å². The first-order chi connectivity index (χ1) is 7.16. The lowest BCUT2D eigenvalue weighted by Crippen LogP contribution is -1.94. The highest BCUT2D eigenvalue weighted by atomic mass is 35.5. The zero-order chi connectivity index (χ0) is 10.8. The molecule has 2 aromatic heterocycles. The summed E-state index contributed by atoms with van der Waals surface area (Å²) in [7, 11) is 0. The Morgan fingerprint density at radius 3 is 2.87 bits per heavy atom. The Morgan fingerprint density at radius 1 is 1.40 bits per heavy atom. The minimum absolute atomic E-state index is 0.227. The van der Waals surface area contributed by atoms with E-state index in [1.807, 2.05) is 0 Å². The number of hydrogen-bond acceptors (Lipinski definition) is 7. The fraction of sp³-hybridized carbons (Fsp3) is 0.143. The van der Waals surface area contributed by atoms with Crippen LogP contribution in [0.3, 0.4) is 0 Å². The lowest BCUT2D eigenvalue weighted by Gasteiger charge is -2.00. The number of rotatable bonds is 2. The van der Waals surface area contributed by atoms with Gasteiger partial charge in [0.25, 0.3) is 5.22 Å². The molecule has 0 aliphatic heterocycles. The number of nitrogen functional groups attached to an aromatic ring is 1. The normalized spacial score (nSPS) is 10.5. The molecule has 0 fully saturated rings. The summed E-state index contributed by atoms with van der Waals surface area (Å²) in [5, 5.41) is 8.63. The van der Waals surface area contributed by atoms with Gasteiger partial charge in [0.1, 0.15) is 22.2 Å². The van der Waals surface area contributed by atoms with Gasteiger partial charge < -0.3 is 10.2 Å². The van der Waals surface area contributed by atoms with Crippen molar-refractivity contribution in [1.82, 2.24) is 20.2 Å². The Bertz CT molecular complexity index is 488. The topological polar surface area (TPSA) is 90.7 Å². The molecule has 0 radical (unpaired) electrons. The quantitative estimate of drug-likeness (QED) is 0.800. The molecule has 0 spiro atoms. The Morgan fingerprint density at radius 2 is 2.20 bits per heavy atom. The summed E-state index contributed by atoms with van der Waals surface area (Å²) in [5.74, 6) is 0.709. The van der Waals surface area contributed by atoms with Gasteiger partial charge in [-0.05, 0) is 11.8 Å². The first-order valence-electron chi connectivity index (χ1n) is 3.90. The van der Waals surface area contributed by atoms with E-state index in [0.29, 0.717) is 21.2 Å². The Hall–Kier alpha value is -1.34. The molecule has 0 aromatic carbocycles. The molecule has 6 nitrogen and oxygen atoms in total. The van der Waals surface area contributed by atoms with Crippen molar-refractivity contribution in [3.8, 4) is 0 Å². The van der Waals surface area contributed by atoms with E-state index in [4.69, 9.17) is 21.8 Å². The average Bonchev–Trinajstić information content (AvgIpc) is 2.59. The third-order valence-electron chi connectivity index (χ3n) is 1.48. The van der Waals surface area contributed by atoms with Crippen molar-refractivity contribution < 1.29 is 4.42 Å². The van der Waals surface area contributed by atoms with Crippen molar-refractivity contribution in [3.63, 3.8) is 0 Å². The Labute approximate surface area is 94.3 Å². The summed E-state index contributed by atoms with van der Waals surface area (Å²) >= 11 is 7.04. The monoisotopic (exact) mass is 243 g/mol. The van der Waals surface area contributed by atoms with Crippen LogP contribution in [0, 0.1) is 6.92 Å². The van der Waals surface area contributed by atoms with Crippen LogP contribution < -0.4 is 5.73 Å². The molecule has 2 N–H and O–H groups in total. The smallest absolute Gasteiger partial charge is 0.282 e. The van der Waals surface area contributed by atoms with Crippen LogP contribution >= 0.6 is 23.4 Å². The van der Waals surface area contributed by atoms with Crippen LogP contribution in [0.1, 0.15) is 5.89 Å². The molecule has 2 aromatic rings. The van der Waals surface area contributed by atoms with Crippen LogP contribution in [-0.4, -0.2) is 20.2 Å². The fourth-order valence-electron chi connectivity index (χ4n) is 0.840. The van der Waals surface area contributed by atoms with Gasteiger partial charge in [-0.15, -0.1) is 10.2 Å². The minimum Gasteiger partial charge on any atom is -0.416 e. The largest absolute Gasteiger partial charge is 0.416 e. The van der Waals surface area contributed by atoms with Gasteiger partial charge in [-0.1, -0.05) is 11.6 Å². The number of aromatic nitrogens is 4. The lowest BCUT2D eigenvalue weighted by molar-refractivity contribution is 0.429. The van der Waals surface area contributed by atoms with E-state index in [9.17, 15) is 0 Å². The van der Waals surface area contributed by atoms with Crippen molar-refractivity contribution in [2.24, 2.45) is 0 Å². The number of nitrogens with zero attached hydrogens (tertiary/aromatic N) is 4. The second-order valence-electron chi connectivity index (χ2n) is 2.57. The maximum Gasteiger partial charge on any atom is 0.282 e. The van der Waals surface area contributed by atoms with E-state index in [0.717, 1.165) is 11.8 Å². The van der Waals surface area contributed by atoms with Crippen molar-refractivity contribution in [2.75, 3.05) is 5.73 Å². The van der Waals surface area contributed by atoms with Crippen LogP contribution in [0.25, 0.3) is 0 Å². The molecule has 0 saturated heterocycles. The molecular formula is C7H6ClN5OS. The summed E-state index contributed by atoms with van der Waals surface area (Å²) in [6, 6.07) is 0. The third kappa shape index (κ3) is 2.18. The molecule has 0 aliphatic rings. The molecule has 0 saturated carbocycles. The van der Waals surface area contributed by atoms with Crippen LogP contribution in [0.2, 0.25) is 5.02 Å². The first kappa shape index (κ1) is 10.2. The Kier molecular flexibility index (Phi) is 2.74. The number of anilines is 1. The van der Waals surface area contributed by atoms with Crippen molar-refractivity contribution in [1.29, 1.82) is 0 Å². The highest BCUT2D eigenvalue weighted by Crippen LogP contribution is 2.32. The molecule has 2 rings (SSSR count). The summed E-state index contributed by atoms with van der Waals surface area (Å²) in [5.41, 5.74) is 5.52. The van der Waals surface area contributed by atoms with E-state index in [1.165, 1.54) is 6.33 Å². The second-order valence-corrected chi connectivity index (χ2v) is 3.89. The van der Waals surface area contributed by atoms with E-state index in [-0.39, 0.29) is 5.82 Å². The predicted molar refractivity (Wildman–Crippen MR) is 54.6 cm³/mol. The molecule has 2 heterocycles. The summed E-state index contributed by atoms with van der Waals surface area (Å²) in [6.07, 6.45) is 1.33. The average molecular weight is 244 g/mol. The van der Waals surface area contributed by atoms with Crippen LogP contribution in [0.4, 0.5) is 5.82 Å². The van der Waals surface area contributed by atoms with E-state index in [1.54, 1.807) is 6.92 Å². The number of halogens is 1. The van der Waals surface area contributed by atoms with Gasteiger partial charge >= 0.3 is 0 Å². The van der Waals surface area contributed by atoms with E-state index < -0.39 is 0 Å². The molecule has 0 bridgehead atoms. The van der Waals surface area contributed by atoms with Crippen LogP contribution in [-0.2, 0) is 0 Å². The molecule has 15 heavy (non-hydrogen) atoms. The molecule has 0 unspecified atom stereocenters. The first-order valence-corrected chi connectivity index (χ1v) is 5.10. The van der Waals surface area contributed by atoms with Crippen LogP contribution in [0.5, 0.6) is 0 Å². The van der Waals surface area contributed by atoms with Gasteiger partial charge in [-0.25, -0.2) is 9.97 Å². The van der Waals surface area contributed by atoms with Gasteiger partial charge in [0.2, 0.25) is 5.89 Å². The Balaban J connectivity index is 2.28. The van der Waals surface area contributed by atoms with E-state index in [2.05, 4.69) is 20.2 Å². The predicted octanol–water partition coefficient (Wildman–Crippen LogP) is 1.55. The summed E-state index contributed by atoms with van der Waals surface area (Å²) in [4.78, 5) is 7.70. The molecule has 0 aliphatic carbocycles. The van der Waals surface area contributed by atoms with Gasteiger partial charge in [0.05, 0.1) is 0 Å². The number of nitrogens with two attached hydrogens (primary N) is 1. The molecular weight excluding hydrogens is 238 g/mol. The van der Waals surface area contributed by atoms with Crippen molar-refractivity contribution in [2.45, 2.75) is 17.2 Å². The molecule has 78 valence electrons. The summed E-state index contributed by atoms with van der Waals surface area (Å²) < 4.78 is 5.16. The van der Waals surface area contributed by atoms with E-state index >= 15 is 0 Å². The highest BCUT2D eigenvalue weighted by molar-refractivity contribution is 7.99. The lowest BCUT2D eigenvalue weighted by atomic mass is 10.6. The maximum absolute atomic E-state index is 5.89. The number of hydrogen-bond donors (Lipinski definition) is 1. The molecule has 8 heteroatoms. The molecule has 0 atom stereocenters. The maximum atomic E-state index is 5.89. The minimum atomic E-state index is 0.227. The van der Waals surface area contributed by atoms with Gasteiger partial charge in [0.15, 0.2) is 0 Å². The number of aryl methyl sites for hydroxylation is 1. The van der Waals surface area contributed by atoms with Crippen molar-refractivity contribution >= 4 is 29.2 Å². The third-order valence-corrected chi connectivity index (χ3v) is 2.80. The second kappa shape index (κ2) is 4.03. The zero-order valence-electron chi connectivity index (χ0n) is 7.64.